The molecule has 0 aromatic carbocycles. The molecule has 0 saturated carbocycles. The van der Waals surface area contributed by atoms with Gasteiger partial charge >= 0.3 is 0 Å². The summed E-state index contributed by atoms with van der Waals surface area (Å²) < 4.78 is 0. The van der Waals surface area contributed by atoms with Gasteiger partial charge in [-0.2, -0.15) is 0 Å². The summed E-state index contributed by atoms with van der Waals surface area (Å²) in [5, 5.41) is 6.00. The Labute approximate surface area is 128 Å². The van der Waals surface area contributed by atoms with Crippen LogP contribution < -0.4 is 5.32 Å². The largest absolute Gasteiger partial charge is 0.311 e. The van der Waals surface area contributed by atoms with Crippen LogP contribution in [0.3, 0.4) is 0 Å². The Morgan fingerprint density at radius 1 is 1.35 bits per heavy atom. The second kappa shape index (κ2) is 8.16. The highest BCUT2D eigenvalue weighted by Gasteiger charge is 2.24. The van der Waals surface area contributed by atoms with Gasteiger partial charge in [-0.05, 0) is 76.5 Å². The van der Waals surface area contributed by atoms with E-state index < -0.39 is 0 Å². The normalized spacial score (nSPS) is 20.9. The molecular formula is C17H30N2S. The molecule has 1 fully saturated rings. The molecule has 1 N–H and O–H groups in total. The van der Waals surface area contributed by atoms with E-state index in [4.69, 9.17) is 0 Å². The van der Waals surface area contributed by atoms with Crippen LogP contribution in [0.1, 0.15) is 44.9 Å². The van der Waals surface area contributed by atoms with Gasteiger partial charge in [-0.15, -0.1) is 11.3 Å². The summed E-state index contributed by atoms with van der Waals surface area (Å²) in [5.74, 6) is 0.855. The highest BCUT2D eigenvalue weighted by atomic mass is 32.1. The van der Waals surface area contributed by atoms with E-state index in [1.807, 2.05) is 11.3 Å². The fourth-order valence-electron chi connectivity index (χ4n) is 3.37. The maximum Gasteiger partial charge on any atom is 0.00896 e. The smallest absolute Gasteiger partial charge is 0.00896 e. The molecule has 0 radical (unpaired) electrons. The third-order valence-electron chi connectivity index (χ3n) is 4.51. The van der Waals surface area contributed by atoms with E-state index in [-0.39, 0.29) is 0 Å². The third kappa shape index (κ3) is 4.87. The Bertz CT molecular complexity index is 355. The van der Waals surface area contributed by atoms with Gasteiger partial charge < -0.3 is 10.2 Å². The van der Waals surface area contributed by atoms with Crippen molar-refractivity contribution >= 4 is 11.3 Å². The summed E-state index contributed by atoms with van der Waals surface area (Å²) in [6.07, 6.45) is 5.17. The van der Waals surface area contributed by atoms with Gasteiger partial charge in [-0.1, -0.05) is 13.0 Å². The summed E-state index contributed by atoms with van der Waals surface area (Å²) >= 11 is 1.87. The van der Waals surface area contributed by atoms with Gasteiger partial charge in [-0.25, -0.2) is 0 Å². The van der Waals surface area contributed by atoms with Crippen molar-refractivity contribution in [1.29, 1.82) is 0 Å². The first kappa shape index (κ1) is 16.0. The van der Waals surface area contributed by atoms with Crippen LogP contribution >= 0.6 is 11.3 Å². The Kier molecular flexibility index (Phi) is 6.53. The molecule has 114 valence electrons. The molecule has 3 heteroatoms. The van der Waals surface area contributed by atoms with Crippen molar-refractivity contribution in [2.45, 2.75) is 58.5 Å². The van der Waals surface area contributed by atoms with Gasteiger partial charge in [0, 0.05) is 17.0 Å². The first-order valence-corrected chi connectivity index (χ1v) is 9.07. The maximum absolute atomic E-state index is 3.82. The summed E-state index contributed by atoms with van der Waals surface area (Å²) in [6, 6.07) is 5.63. The molecular weight excluding hydrogens is 264 g/mol. The van der Waals surface area contributed by atoms with E-state index in [2.05, 4.69) is 48.5 Å². The Morgan fingerprint density at radius 3 is 2.70 bits per heavy atom. The maximum atomic E-state index is 3.82. The van der Waals surface area contributed by atoms with Crippen LogP contribution in [-0.4, -0.2) is 36.6 Å². The van der Waals surface area contributed by atoms with Crippen LogP contribution in [0.2, 0.25) is 0 Å². The van der Waals surface area contributed by atoms with Gasteiger partial charge in [0.05, 0.1) is 0 Å². The van der Waals surface area contributed by atoms with Crippen molar-refractivity contribution in [3.05, 3.63) is 22.4 Å². The van der Waals surface area contributed by atoms with Gasteiger partial charge in [-0.3, -0.25) is 0 Å². The van der Waals surface area contributed by atoms with Gasteiger partial charge in [0.25, 0.3) is 0 Å². The number of nitrogens with zero attached hydrogens (tertiary/aromatic N) is 1. The molecule has 2 atom stereocenters. The standard InChI is InChI=1S/C17H30N2S/c1-4-9-19-10-7-16(8-11-19)15(3)18-14(2)13-17-6-5-12-20-17/h5-6,12,14-16,18H,4,7-11,13H2,1-3H3. The monoisotopic (exact) mass is 294 g/mol. The average molecular weight is 295 g/mol. The predicted octanol–water partition coefficient (Wildman–Crippen LogP) is 3.78. The predicted molar refractivity (Wildman–Crippen MR) is 89.5 cm³/mol. The van der Waals surface area contributed by atoms with Crippen LogP contribution in [0.15, 0.2) is 17.5 Å². The minimum atomic E-state index is 0.581. The molecule has 2 rings (SSSR count). The molecule has 0 bridgehead atoms. The zero-order valence-electron chi connectivity index (χ0n) is 13.3. The van der Waals surface area contributed by atoms with Crippen LogP contribution in [-0.2, 0) is 6.42 Å². The zero-order chi connectivity index (χ0) is 14.4. The summed E-state index contributed by atoms with van der Waals surface area (Å²) in [4.78, 5) is 4.12. The fourth-order valence-corrected chi connectivity index (χ4v) is 4.20. The minimum absolute atomic E-state index is 0.581. The first-order valence-electron chi connectivity index (χ1n) is 8.19. The van der Waals surface area contributed by atoms with Gasteiger partial charge in [0.2, 0.25) is 0 Å². The molecule has 1 aliphatic heterocycles. The summed E-state index contributed by atoms with van der Waals surface area (Å²) in [5.41, 5.74) is 0. The SMILES string of the molecule is CCCN1CCC(C(C)NC(C)Cc2cccs2)CC1. The first-order chi connectivity index (χ1) is 9.69. The van der Waals surface area contributed by atoms with Crippen molar-refractivity contribution in [1.82, 2.24) is 10.2 Å². The van der Waals surface area contributed by atoms with Crippen LogP contribution in [0.5, 0.6) is 0 Å². The second-order valence-electron chi connectivity index (χ2n) is 6.32. The van der Waals surface area contributed by atoms with Crippen molar-refractivity contribution in [3.63, 3.8) is 0 Å². The quantitative estimate of drug-likeness (QED) is 0.823. The Balaban J connectivity index is 1.70. The molecule has 0 spiro atoms. The van der Waals surface area contributed by atoms with E-state index in [1.165, 1.54) is 43.8 Å². The topological polar surface area (TPSA) is 15.3 Å². The second-order valence-corrected chi connectivity index (χ2v) is 7.35. The van der Waals surface area contributed by atoms with E-state index in [0.717, 1.165) is 12.3 Å². The van der Waals surface area contributed by atoms with Crippen LogP contribution in [0, 0.1) is 5.92 Å². The number of rotatable bonds is 7. The van der Waals surface area contributed by atoms with E-state index >= 15 is 0 Å². The highest BCUT2D eigenvalue weighted by molar-refractivity contribution is 7.09. The highest BCUT2D eigenvalue weighted by Crippen LogP contribution is 2.21. The van der Waals surface area contributed by atoms with E-state index in [9.17, 15) is 0 Å². The fraction of sp³-hybridized carbons (Fsp3) is 0.765. The molecule has 2 heterocycles. The van der Waals surface area contributed by atoms with E-state index in [0.29, 0.717) is 12.1 Å². The Hall–Kier alpha value is -0.380. The number of likely N-dealkylation sites (tertiary alicyclic amines) is 1. The molecule has 1 aliphatic rings. The molecule has 1 aromatic rings. The van der Waals surface area contributed by atoms with Crippen LogP contribution in [0.25, 0.3) is 0 Å². The molecule has 2 nitrogen and oxygen atoms in total. The molecule has 0 aliphatic carbocycles. The van der Waals surface area contributed by atoms with Crippen molar-refractivity contribution in [2.24, 2.45) is 5.92 Å². The lowest BCUT2D eigenvalue weighted by molar-refractivity contribution is 0.159. The van der Waals surface area contributed by atoms with Gasteiger partial charge in [0.1, 0.15) is 0 Å². The number of nitrogens with one attached hydrogen (secondary N) is 1. The lowest BCUT2D eigenvalue weighted by Crippen LogP contribution is -2.45. The summed E-state index contributed by atoms with van der Waals surface area (Å²) in [7, 11) is 0. The molecule has 2 unspecified atom stereocenters. The Morgan fingerprint density at radius 2 is 2.10 bits per heavy atom. The minimum Gasteiger partial charge on any atom is -0.311 e. The average Bonchev–Trinajstić information content (AvgIpc) is 2.92. The third-order valence-corrected chi connectivity index (χ3v) is 5.41. The van der Waals surface area contributed by atoms with Gasteiger partial charge in [0.15, 0.2) is 0 Å². The lowest BCUT2D eigenvalue weighted by atomic mass is 9.89. The van der Waals surface area contributed by atoms with Crippen LogP contribution in [0.4, 0.5) is 0 Å². The summed E-state index contributed by atoms with van der Waals surface area (Å²) in [6.45, 7) is 10.9. The number of hydrogen-bond donors (Lipinski definition) is 1. The molecule has 0 amide bonds. The lowest BCUT2D eigenvalue weighted by Gasteiger charge is -2.36. The van der Waals surface area contributed by atoms with E-state index in [1.54, 1.807) is 0 Å². The molecule has 1 saturated heterocycles. The van der Waals surface area contributed by atoms with Crippen molar-refractivity contribution in [3.8, 4) is 0 Å². The number of thiophene rings is 1. The number of piperidine rings is 1. The molecule has 20 heavy (non-hydrogen) atoms. The van der Waals surface area contributed by atoms with Crippen molar-refractivity contribution in [2.75, 3.05) is 19.6 Å². The molecule has 1 aromatic heterocycles. The zero-order valence-corrected chi connectivity index (χ0v) is 14.1. The van der Waals surface area contributed by atoms with Crippen molar-refractivity contribution < 1.29 is 0 Å². The number of hydrogen-bond acceptors (Lipinski definition) is 3.